The van der Waals surface area contributed by atoms with Gasteiger partial charge in [-0.3, -0.25) is 4.79 Å². The Morgan fingerprint density at radius 1 is 1.19 bits per heavy atom. The quantitative estimate of drug-likeness (QED) is 0.768. The first-order chi connectivity index (χ1) is 9.70. The standard InChI is InChI=1S/C15H24N2O3S/c1-13(2)10-17(21(4,19)20)12-15(18)16(3)11-14-8-6-5-7-9-14/h5-9,13H,10-12H2,1-4H3. The van der Waals surface area contributed by atoms with Crippen molar-refractivity contribution in [3.8, 4) is 0 Å². The first-order valence-electron chi connectivity index (χ1n) is 6.93. The van der Waals surface area contributed by atoms with Crippen molar-refractivity contribution in [2.24, 2.45) is 5.92 Å². The van der Waals surface area contributed by atoms with Crippen LogP contribution in [-0.4, -0.2) is 49.9 Å². The van der Waals surface area contributed by atoms with Crippen molar-refractivity contribution in [3.05, 3.63) is 35.9 Å². The number of rotatable bonds is 7. The zero-order chi connectivity index (χ0) is 16.0. The van der Waals surface area contributed by atoms with Gasteiger partial charge in [-0.15, -0.1) is 0 Å². The molecule has 118 valence electrons. The van der Waals surface area contributed by atoms with Crippen LogP contribution < -0.4 is 0 Å². The highest BCUT2D eigenvalue weighted by atomic mass is 32.2. The monoisotopic (exact) mass is 312 g/mol. The smallest absolute Gasteiger partial charge is 0.237 e. The van der Waals surface area contributed by atoms with E-state index in [9.17, 15) is 13.2 Å². The lowest BCUT2D eigenvalue weighted by Crippen LogP contribution is -2.42. The van der Waals surface area contributed by atoms with E-state index in [-0.39, 0.29) is 18.4 Å². The summed E-state index contributed by atoms with van der Waals surface area (Å²) in [6.45, 7) is 4.57. The Morgan fingerprint density at radius 3 is 2.24 bits per heavy atom. The molecule has 0 saturated heterocycles. The van der Waals surface area contributed by atoms with E-state index in [0.717, 1.165) is 11.8 Å². The highest BCUT2D eigenvalue weighted by molar-refractivity contribution is 7.88. The van der Waals surface area contributed by atoms with E-state index < -0.39 is 10.0 Å². The Kier molecular flexibility index (Phi) is 6.36. The van der Waals surface area contributed by atoms with Gasteiger partial charge in [0.05, 0.1) is 12.8 Å². The summed E-state index contributed by atoms with van der Waals surface area (Å²) in [4.78, 5) is 13.8. The van der Waals surface area contributed by atoms with Crippen LogP contribution in [0.2, 0.25) is 0 Å². The highest BCUT2D eigenvalue weighted by Crippen LogP contribution is 2.07. The minimum atomic E-state index is -3.38. The fraction of sp³-hybridized carbons (Fsp3) is 0.533. The average molecular weight is 312 g/mol. The van der Waals surface area contributed by atoms with Crippen LogP contribution in [0, 0.1) is 5.92 Å². The van der Waals surface area contributed by atoms with Gasteiger partial charge in [-0.25, -0.2) is 8.42 Å². The Hall–Kier alpha value is -1.40. The second-order valence-corrected chi connectivity index (χ2v) is 7.67. The Morgan fingerprint density at radius 2 is 1.76 bits per heavy atom. The third-order valence-corrected chi connectivity index (χ3v) is 4.25. The second-order valence-electron chi connectivity index (χ2n) is 5.68. The van der Waals surface area contributed by atoms with Crippen molar-refractivity contribution in [1.29, 1.82) is 0 Å². The number of carbonyl (C=O) groups excluding carboxylic acids is 1. The molecule has 0 aliphatic carbocycles. The normalized spacial score (nSPS) is 11.9. The predicted molar refractivity (Wildman–Crippen MR) is 84.2 cm³/mol. The summed E-state index contributed by atoms with van der Waals surface area (Å²) < 4.78 is 24.7. The molecule has 0 aliphatic rings. The number of likely N-dealkylation sites (N-methyl/N-ethyl adjacent to an activating group) is 1. The van der Waals surface area contributed by atoms with Crippen LogP contribution in [0.15, 0.2) is 30.3 Å². The van der Waals surface area contributed by atoms with Gasteiger partial charge in [0.25, 0.3) is 0 Å². The lowest BCUT2D eigenvalue weighted by molar-refractivity contribution is -0.130. The molecule has 0 spiro atoms. The lowest BCUT2D eigenvalue weighted by atomic mass is 10.2. The molecule has 0 atom stereocenters. The molecule has 0 bridgehead atoms. The molecule has 1 aromatic rings. The van der Waals surface area contributed by atoms with Crippen molar-refractivity contribution in [1.82, 2.24) is 9.21 Å². The Labute approximate surface area is 127 Å². The summed E-state index contributed by atoms with van der Waals surface area (Å²) >= 11 is 0. The lowest BCUT2D eigenvalue weighted by Gasteiger charge is -2.24. The van der Waals surface area contributed by atoms with Gasteiger partial charge in [0, 0.05) is 20.1 Å². The maximum Gasteiger partial charge on any atom is 0.237 e. The van der Waals surface area contributed by atoms with Crippen LogP contribution >= 0.6 is 0 Å². The molecule has 6 heteroatoms. The van der Waals surface area contributed by atoms with Gasteiger partial charge in [-0.1, -0.05) is 44.2 Å². The number of carbonyl (C=O) groups is 1. The van der Waals surface area contributed by atoms with Crippen LogP contribution in [0.3, 0.4) is 0 Å². The first-order valence-corrected chi connectivity index (χ1v) is 8.78. The van der Waals surface area contributed by atoms with Gasteiger partial charge in [0.1, 0.15) is 0 Å². The molecular formula is C15H24N2O3S. The molecule has 1 amide bonds. The molecule has 0 heterocycles. The number of benzene rings is 1. The van der Waals surface area contributed by atoms with Crippen molar-refractivity contribution in [3.63, 3.8) is 0 Å². The first kappa shape index (κ1) is 17.7. The second kappa shape index (κ2) is 7.56. The molecule has 0 fully saturated rings. The van der Waals surface area contributed by atoms with Gasteiger partial charge in [-0.05, 0) is 11.5 Å². The zero-order valence-corrected chi connectivity index (χ0v) is 13.9. The summed E-state index contributed by atoms with van der Waals surface area (Å²) in [5.74, 6) is -0.0307. The molecule has 0 N–H and O–H groups in total. The molecule has 1 aromatic carbocycles. The zero-order valence-electron chi connectivity index (χ0n) is 13.1. The van der Waals surface area contributed by atoms with Crippen LogP contribution in [0.1, 0.15) is 19.4 Å². The summed E-state index contributed by atoms with van der Waals surface area (Å²) in [7, 11) is -1.69. The van der Waals surface area contributed by atoms with Crippen molar-refractivity contribution >= 4 is 15.9 Å². The maximum atomic E-state index is 12.2. The van der Waals surface area contributed by atoms with Crippen molar-refractivity contribution in [2.45, 2.75) is 20.4 Å². The van der Waals surface area contributed by atoms with Crippen LogP contribution in [-0.2, 0) is 21.4 Å². The van der Waals surface area contributed by atoms with Crippen molar-refractivity contribution in [2.75, 3.05) is 26.4 Å². The third-order valence-electron chi connectivity index (χ3n) is 3.04. The van der Waals surface area contributed by atoms with Crippen LogP contribution in [0.4, 0.5) is 0 Å². The summed E-state index contributed by atoms with van der Waals surface area (Å²) in [5.41, 5.74) is 1.02. The van der Waals surface area contributed by atoms with Gasteiger partial charge in [0.2, 0.25) is 15.9 Å². The summed E-state index contributed by atoms with van der Waals surface area (Å²) in [6, 6.07) is 9.61. The van der Waals surface area contributed by atoms with Crippen LogP contribution in [0.25, 0.3) is 0 Å². The topological polar surface area (TPSA) is 57.7 Å². The molecule has 21 heavy (non-hydrogen) atoms. The maximum absolute atomic E-state index is 12.2. The fourth-order valence-electron chi connectivity index (χ4n) is 1.94. The van der Waals surface area contributed by atoms with Crippen LogP contribution in [0.5, 0.6) is 0 Å². The van der Waals surface area contributed by atoms with E-state index in [2.05, 4.69) is 0 Å². The highest BCUT2D eigenvalue weighted by Gasteiger charge is 2.22. The Balaban J connectivity index is 2.68. The SMILES string of the molecule is CC(C)CN(CC(=O)N(C)Cc1ccccc1)S(C)(=O)=O. The van der Waals surface area contributed by atoms with E-state index in [4.69, 9.17) is 0 Å². The minimum Gasteiger partial charge on any atom is -0.340 e. The fourth-order valence-corrected chi connectivity index (χ4v) is 2.86. The molecule has 0 radical (unpaired) electrons. The van der Waals surface area contributed by atoms with Gasteiger partial charge < -0.3 is 4.90 Å². The van der Waals surface area contributed by atoms with E-state index in [0.29, 0.717) is 13.1 Å². The Bertz CT molecular complexity index is 556. The van der Waals surface area contributed by atoms with Crippen molar-refractivity contribution < 1.29 is 13.2 Å². The predicted octanol–water partition coefficient (Wildman–Crippen LogP) is 1.56. The molecule has 0 unspecified atom stereocenters. The number of sulfonamides is 1. The third kappa shape index (κ3) is 6.27. The number of hydrogen-bond donors (Lipinski definition) is 0. The molecule has 0 aliphatic heterocycles. The number of amides is 1. The largest absolute Gasteiger partial charge is 0.340 e. The van der Waals surface area contributed by atoms with E-state index in [1.165, 1.54) is 4.31 Å². The molecule has 5 nitrogen and oxygen atoms in total. The minimum absolute atomic E-state index is 0.111. The molecule has 0 saturated carbocycles. The summed E-state index contributed by atoms with van der Waals surface area (Å²) in [6.07, 6.45) is 1.14. The van der Waals surface area contributed by atoms with E-state index in [1.54, 1.807) is 11.9 Å². The number of hydrogen-bond acceptors (Lipinski definition) is 3. The van der Waals surface area contributed by atoms with E-state index >= 15 is 0 Å². The van der Waals surface area contributed by atoms with Gasteiger partial charge >= 0.3 is 0 Å². The number of nitrogens with zero attached hydrogens (tertiary/aromatic N) is 2. The van der Waals surface area contributed by atoms with E-state index in [1.807, 2.05) is 44.2 Å². The van der Waals surface area contributed by atoms with Gasteiger partial charge in [0.15, 0.2) is 0 Å². The molecular weight excluding hydrogens is 288 g/mol. The molecule has 0 aromatic heterocycles. The molecule has 1 rings (SSSR count). The van der Waals surface area contributed by atoms with Gasteiger partial charge in [-0.2, -0.15) is 4.31 Å². The average Bonchev–Trinajstić information content (AvgIpc) is 2.37. The summed E-state index contributed by atoms with van der Waals surface area (Å²) in [5, 5.41) is 0.